The van der Waals surface area contributed by atoms with Crippen molar-refractivity contribution in [2.45, 2.75) is 90.4 Å². The predicted octanol–water partition coefficient (Wildman–Crippen LogP) is 5.60. The van der Waals surface area contributed by atoms with Crippen molar-refractivity contribution in [3.05, 3.63) is 96.1 Å². The van der Waals surface area contributed by atoms with Crippen molar-refractivity contribution in [2.75, 3.05) is 27.2 Å². The summed E-state index contributed by atoms with van der Waals surface area (Å²) >= 11 is 0. The lowest BCUT2D eigenvalue weighted by Crippen LogP contribution is -2.56. The maximum Gasteiger partial charge on any atom is 0.407 e. The van der Waals surface area contributed by atoms with Crippen molar-refractivity contribution in [3.8, 4) is 0 Å². The zero-order valence-corrected chi connectivity index (χ0v) is 31.5. The second-order valence-corrected chi connectivity index (χ2v) is 13.9. The van der Waals surface area contributed by atoms with E-state index < -0.39 is 41.6 Å². The molecule has 3 atom stereocenters. The lowest BCUT2D eigenvalue weighted by atomic mass is 9.98. The Morgan fingerprint density at radius 1 is 0.827 bits per heavy atom. The fourth-order valence-electron chi connectivity index (χ4n) is 5.63. The van der Waals surface area contributed by atoms with Crippen LogP contribution in [0.1, 0.15) is 65.0 Å². The maximum absolute atomic E-state index is 14.5. The minimum atomic E-state index is -0.944. The fraction of sp³-hybridized carbons (Fsp3) is 0.439. The first kappa shape index (κ1) is 41.2. The summed E-state index contributed by atoms with van der Waals surface area (Å²) in [6.45, 7) is 9.05. The van der Waals surface area contributed by atoms with E-state index in [-0.39, 0.29) is 37.9 Å². The average molecular weight is 715 g/mol. The van der Waals surface area contributed by atoms with Crippen molar-refractivity contribution in [1.29, 1.82) is 0 Å². The van der Waals surface area contributed by atoms with E-state index in [2.05, 4.69) is 10.6 Å². The highest BCUT2D eigenvalue weighted by molar-refractivity contribution is 5.95. The average Bonchev–Trinajstić information content (AvgIpc) is 3.10. The van der Waals surface area contributed by atoms with Gasteiger partial charge in [0, 0.05) is 46.4 Å². The van der Waals surface area contributed by atoms with Crippen LogP contribution < -0.4 is 10.6 Å². The summed E-state index contributed by atoms with van der Waals surface area (Å²) < 4.78 is 10.4. The summed E-state index contributed by atoms with van der Waals surface area (Å²) in [6.07, 6.45) is 4.46. The first-order chi connectivity index (χ1) is 24.7. The van der Waals surface area contributed by atoms with Gasteiger partial charge in [-0.05, 0) is 68.0 Å². The number of fused-ring (bicyclic) bond motifs is 1. The number of nitrogens with one attached hydrogen (secondary N) is 2. The molecule has 2 N–H and O–H groups in total. The summed E-state index contributed by atoms with van der Waals surface area (Å²) in [6, 6.07) is 21.2. The van der Waals surface area contributed by atoms with Crippen molar-refractivity contribution in [2.24, 2.45) is 0 Å². The van der Waals surface area contributed by atoms with E-state index >= 15 is 0 Å². The Kier molecular flexibility index (Phi) is 15.9. The van der Waals surface area contributed by atoms with E-state index in [0.717, 1.165) is 21.9 Å². The van der Waals surface area contributed by atoms with E-state index in [0.29, 0.717) is 19.3 Å². The van der Waals surface area contributed by atoms with Gasteiger partial charge < -0.3 is 29.9 Å². The summed E-state index contributed by atoms with van der Waals surface area (Å²) in [5, 5.41) is 7.79. The molecular formula is C41H54N4O7. The van der Waals surface area contributed by atoms with Crippen LogP contribution in [0.25, 0.3) is 10.8 Å². The molecule has 0 saturated carbocycles. The molecule has 0 aliphatic heterocycles. The van der Waals surface area contributed by atoms with E-state index in [4.69, 9.17) is 9.47 Å². The maximum atomic E-state index is 14.5. The molecule has 52 heavy (non-hydrogen) atoms. The molecule has 3 aromatic carbocycles. The number of esters is 1. The Bertz CT molecular complexity index is 1690. The lowest BCUT2D eigenvalue weighted by Gasteiger charge is -2.34. The number of alkyl carbamates (subject to hydrolysis) is 1. The number of nitrogens with zero attached hydrogens (tertiary/aromatic N) is 2. The normalized spacial score (nSPS) is 13.1. The number of amides is 4. The Hall–Kier alpha value is -5.19. The zero-order valence-electron chi connectivity index (χ0n) is 31.5. The van der Waals surface area contributed by atoms with Crippen LogP contribution in [0, 0.1) is 0 Å². The van der Waals surface area contributed by atoms with Crippen molar-refractivity contribution in [3.63, 3.8) is 0 Å². The number of benzene rings is 3. The molecule has 0 aliphatic rings. The third-order valence-electron chi connectivity index (χ3n) is 8.55. The van der Waals surface area contributed by atoms with Gasteiger partial charge in [-0.15, -0.1) is 0 Å². The van der Waals surface area contributed by atoms with Gasteiger partial charge in [0.15, 0.2) is 0 Å². The van der Waals surface area contributed by atoms with E-state index in [1.165, 1.54) is 22.8 Å². The molecule has 4 amide bonds. The van der Waals surface area contributed by atoms with Crippen LogP contribution in [-0.4, -0.2) is 90.6 Å². The first-order valence-corrected chi connectivity index (χ1v) is 17.8. The van der Waals surface area contributed by atoms with Gasteiger partial charge in [0.2, 0.25) is 17.7 Å². The molecule has 0 fully saturated rings. The van der Waals surface area contributed by atoms with Gasteiger partial charge in [0.25, 0.3) is 0 Å². The molecule has 2 unspecified atom stereocenters. The van der Waals surface area contributed by atoms with Crippen LogP contribution in [0.2, 0.25) is 0 Å². The Balaban J connectivity index is 1.87. The zero-order chi connectivity index (χ0) is 38.3. The fourth-order valence-corrected chi connectivity index (χ4v) is 5.63. The number of rotatable bonds is 17. The van der Waals surface area contributed by atoms with Gasteiger partial charge in [-0.2, -0.15) is 0 Å². The molecule has 11 nitrogen and oxygen atoms in total. The van der Waals surface area contributed by atoms with Crippen LogP contribution in [0.15, 0.2) is 84.9 Å². The SMILES string of the molecule is CCC(C/C=C/C(=O)N(C)[C@H](Cc1ccc2ccccc2c1)C(=O)N(C)C(Cc1ccccc1)C(=O)NCCCOC(C)=O)NC(=O)OC(C)(C)C. The van der Waals surface area contributed by atoms with Crippen LogP contribution in [0.4, 0.5) is 4.79 Å². The highest BCUT2D eigenvalue weighted by atomic mass is 16.6. The number of hydrogen-bond acceptors (Lipinski definition) is 7. The minimum absolute atomic E-state index is 0.165. The molecule has 0 bridgehead atoms. The Morgan fingerprint density at radius 3 is 2.13 bits per heavy atom. The van der Waals surface area contributed by atoms with Crippen molar-refractivity contribution >= 4 is 40.6 Å². The summed E-state index contributed by atoms with van der Waals surface area (Å²) in [5.74, 6) is -1.54. The summed E-state index contributed by atoms with van der Waals surface area (Å²) in [4.78, 5) is 68.2. The number of hydrogen-bond donors (Lipinski definition) is 2. The quantitative estimate of drug-likeness (QED) is 0.106. The summed E-state index contributed by atoms with van der Waals surface area (Å²) in [7, 11) is 3.17. The molecule has 3 aromatic rings. The van der Waals surface area contributed by atoms with Crippen LogP contribution in [0.5, 0.6) is 0 Å². The first-order valence-electron chi connectivity index (χ1n) is 17.8. The third kappa shape index (κ3) is 13.5. The molecular weight excluding hydrogens is 660 g/mol. The largest absolute Gasteiger partial charge is 0.466 e. The number of likely N-dealkylation sites (N-methyl/N-ethyl adjacent to an activating group) is 2. The van der Waals surface area contributed by atoms with Crippen LogP contribution in [0.3, 0.4) is 0 Å². The molecule has 0 spiro atoms. The molecule has 0 aliphatic carbocycles. The van der Waals surface area contributed by atoms with Gasteiger partial charge in [-0.1, -0.05) is 85.8 Å². The van der Waals surface area contributed by atoms with Crippen LogP contribution in [-0.2, 0) is 41.5 Å². The third-order valence-corrected chi connectivity index (χ3v) is 8.55. The minimum Gasteiger partial charge on any atom is -0.466 e. The highest BCUT2D eigenvalue weighted by Crippen LogP contribution is 2.20. The standard InChI is InChI=1S/C41H54N4O7/c1-8-34(43-40(50)52-41(3,4)5)20-14-21-37(47)44(6)36(28-31-22-23-32-18-12-13-19-33(32)26-31)39(49)45(7)35(27-30-16-10-9-11-17-30)38(48)42-24-15-25-51-29(2)46/h9-14,16-19,21-23,26,34-36H,8,15,20,24-25,27-28H2,1-7H3,(H,42,48)(H,43,50)/b21-14+/t34?,35?,36-/m1/s1. The molecule has 0 saturated heterocycles. The number of ether oxygens (including phenoxy) is 2. The van der Waals surface area contributed by atoms with Gasteiger partial charge >= 0.3 is 12.1 Å². The van der Waals surface area contributed by atoms with E-state index in [9.17, 15) is 24.0 Å². The Morgan fingerprint density at radius 2 is 1.48 bits per heavy atom. The molecule has 11 heteroatoms. The molecule has 0 aromatic heterocycles. The summed E-state index contributed by atoms with van der Waals surface area (Å²) in [5.41, 5.74) is 1.09. The van der Waals surface area contributed by atoms with Crippen LogP contribution >= 0.6 is 0 Å². The van der Waals surface area contributed by atoms with Gasteiger partial charge in [-0.25, -0.2) is 4.79 Å². The number of carbonyl (C=O) groups excluding carboxylic acids is 5. The topological polar surface area (TPSA) is 134 Å². The lowest BCUT2D eigenvalue weighted by molar-refractivity contribution is -0.146. The smallest absolute Gasteiger partial charge is 0.407 e. The molecule has 280 valence electrons. The van der Waals surface area contributed by atoms with Crippen molar-refractivity contribution in [1.82, 2.24) is 20.4 Å². The highest BCUT2D eigenvalue weighted by Gasteiger charge is 2.35. The van der Waals surface area contributed by atoms with Crippen molar-refractivity contribution < 1.29 is 33.4 Å². The molecule has 0 radical (unpaired) electrons. The van der Waals surface area contributed by atoms with Gasteiger partial charge in [0.05, 0.1) is 6.61 Å². The van der Waals surface area contributed by atoms with Gasteiger partial charge in [0.1, 0.15) is 17.7 Å². The molecule has 0 heterocycles. The second kappa shape index (κ2) is 20.0. The predicted molar refractivity (Wildman–Crippen MR) is 202 cm³/mol. The Labute approximate surface area is 307 Å². The number of carbonyl (C=O) groups is 5. The van der Waals surface area contributed by atoms with Gasteiger partial charge in [-0.3, -0.25) is 19.2 Å². The van der Waals surface area contributed by atoms with E-state index in [1.807, 2.05) is 79.7 Å². The van der Waals surface area contributed by atoms with E-state index in [1.54, 1.807) is 40.9 Å². The second-order valence-electron chi connectivity index (χ2n) is 13.9. The molecule has 3 rings (SSSR count). The monoisotopic (exact) mass is 714 g/mol.